The number of nitrogens with one attached hydrogen (secondary N) is 1. The van der Waals surface area contributed by atoms with Crippen LogP contribution in [0.5, 0.6) is 0 Å². The molecule has 0 bridgehead atoms. The van der Waals surface area contributed by atoms with Crippen LogP contribution in [0.25, 0.3) is 0 Å². The number of halogens is 1. The summed E-state index contributed by atoms with van der Waals surface area (Å²) in [5, 5.41) is 5.91. The largest absolute Gasteiger partial charge is 0.312 e. The third-order valence-electron chi connectivity index (χ3n) is 3.89. The zero-order valence-electron chi connectivity index (χ0n) is 13.0. The van der Waals surface area contributed by atoms with E-state index >= 15 is 0 Å². The number of nitrogens with zero attached hydrogens (tertiary/aromatic N) is 2. The Balaban J connectivity index is 1.60. The molecule has 1 saturated heterocycles. The molecule has 0 spiro atoms. The molecule has 24 heavy (non-hydrogen) atoms. The molecule has 0 saturated carbocycles. The summed E-state index contributed by atoms with van der Waals surface area (Å²) in [5.41, 5.74) is 4.18. The topological polar surface area (TPSA) is 61.8 Å². The van der Waals surface area contributed by atoms with Crippen LogP contribution in [-0.4, -0.2) is 24.6 Å². The van der Waals surface area contributed by atoms with E-state index < -0.39 is 5.92 Å². The Hall–Kier alpha value is -2.54. The minimum Gasteiger partial charge on any atom is -0.312 e. The zero-order valence-corrected chi connectivity index (χ0v) is 13.8. The van der Waals surface area contributed by atoms with E-state index in [-0.39, 0.29) is 30.6 Å². The lowest BCUT2D eigenvalue weighted by molar-refractivity contribution is -0.126. The molecular weight excluding hydrogens is 329 g/mol. The van der Waals surface area contributed by atoms with Gasteiger partial charge in [0.15, 0.2) is 0 Å². The molecule has 1 fully saturated rings. The average molecular weight is 345 g/mol. The Bertz CT molecular complexity index is 785. The molecule has 3 rings (SSSR count). The highest BCUT2D eigenvalue weighted by atomic mass is 32.1. The van der Waals surface area contributed by atoms with Gasteiger partial charge in [0.1, 0.15) is 5.82 Å². The number of rotatable bonds is 4. The molecule has 1 unspecified atom stereocenters. The lowest BCUT2D eigenvalue weighted by Crippen LogP contribution is -2.30. The number of anilines is 1. The molecule has 7 heteroatoms. The van der Waals surface area contributed by atoms with E-state index in [1.54, 1.807) is 6.21 Å². The first-order chi connectivity index (χ1) is 11.5. The second kappa shape index (κ2) is 6.92. The second-order valence-corrected chi connectivity index (χ2v) is 6.53. The number of hydrogen-bond acceptors (Lipinski definition) is 4. The van der Waals surface area contributed by atoms with Gasteiger partial charge in [-0.2, -0.15) is 5.10 Å². The van der Waals surface area contributed by atoms with Crippen LogP contribution in [0.1, 0.15) is 16.9 Å². The first kappa shape index (κ1) is 16.3. The molecule has 1 atom stereocenters. The molecule has 1 aliphatic heterocycles. The number of hydrazone groups is 1. The maximum absolute atomic E-state index is 13.0. The Morgan fingerprint density at radius 3 is 2.79 bits per heavy atom. The number of aryl methyl sites for hydroxylation is 1. The molecule has 1 N–H and O–H groups in total. The summed E-state index contributed by atoms with van der Waals surface area (Å²) in [6.07, 6.45) is 1.73. The van der Waals surface area contributed by atoms with Gasteiger partial charge in [0.05, 0.1) is 12.1 Å². The minimum atomic E-state index is -0.468. The molecule has 1 aromatic carbocycles. The van der Waals surface area contributed by atoms with E-state index in [4.69, 9.17) is 0 Å². The van der Waals surface area contributed by atoms with Crippen LogP contribution >= 0.6 is 11.3 Å². The highest BCUT2D eigenvalue weighted by Gasteiger charge is 2.35. The average Bonchev–Trinajstić information content (AvgIpc) is 3.14. The third kappa shape index (κ3) is 3.51. The van der Waals surface area contributed by atoms with Crippen LogP contribution in [0.3, 0.4) is 0 Å². The van der Waals surface area contributed by atoms with Gasteiger partial charge in [0.2, 0.25) is 11.8 Å². The second-order valence-electron chi connectivity index (χ2n) is 5.58. The SMILES string of the molecule is Cc1ccsc1/C=N/NC(=O)C1CC(=O)N(c2ccc(F)cc2)C1. The Morgan fingerprint density at radius 1 is 1.38 bits per heavy atom. The van der Waals surface area contributed by atoms with E-state index in [2.05, 4.69) is 10.5 Å². The van der Waals surface area contributed by atoms with Gasteiger partial charge in [-0.15, -0.1) is 11.3 Å². The molecule has 1 aromatic heterocycles. The number of hydrogen-bond donors (Lipinski definition) is 1. The van der Waals surface area contributed by atoms with Crippen LogP contribution in [0, 0.1) is 18.7 Å². The van der Waals surface area contributed by atoms with E-state index in [1.165, 1.54) is 40.5 Å². The number of amides is 2. The molecule has 5 nitrogen and oxygen atoms in total. The summed E-state index contributed by atoms with van der Waals surface area (Å²) in [7, 11) is 0. The molecule has 0 radical (unpaired) electrons. The van der Waals surface area contributed by atoms with Crippen LogP contribution in [0.2, 0.25) is 0 Å². The van der Waals surface area contributed by atoms with Gasteiger partial charge in [-0.05, 0) is 48.2 Å². The predicted octanol–water partition coefficient (Wildman–Crippen LogP) is 2.70. The van der Waals surface area contributed by atoms with Gasteiger partial charge >= 0.3 is 0 Å². The Labute approximate surface area is 142 Å². The zero-order chi connectivity index (χ0) is 17.1. The fourth-order valence-corrected chi connectivity index (χ4v) is 3.30. The fraction of sp³-hybridized carbons (Fsp3) is 0.235. The van der Waals surface area contributed by atoms with Crippen molar-refractivity contribution in [3.05, 3.63) is 52.0 Å². The first-order valence-electron chi connectivity index (χ1n) is 7.47. The summed E-state index contributed by atoms with van der Waals surface area (Å²) < 4.78 is 13.0. The molecule has 1 aliphatic rings. The Morgan fingerprint density at radius 2 is 2.12 bits per heavy atom. The molecule has 2 heterocycles. The van der Waals surface area contributed by atoms with E-state index in [0.29, 0.717) is 5.69 Å². The van der Waals surface area contributed by atoms with Crippen LogP contribution in [-0.2, 0) is 9.59 Å². The van der Waals surface area contributed by atoms with Crippen molar-refractivity contribution >= 4 is 35.1 Å². The lowest BCUT2D eigenvalue weighted by Gasteiger charge is -2.16. The van der Waals surface area contributed by atoms with Crippen molar-refractivity contribution in [2.24, 2.45) is 11.0 Å². The van der Waals surface area contributed by atoms with Gasteiger partial charge in [-0.25, -0.2) is 9.82 Å². The van der Waals surface area contributed by atoms with Crippen LogP contribution in [0.4, 0.5) is 10.1 Å². The van der Waals surface area contributed by atoms with Crippen molar-refractivity contribution in [1.82, 2.24) is 5.43 Å². The molecule has 124 valence electrons. The summed E-state index contributed by atoms with van der Waals surface area (Å²) in [5.74, 6) is -1.28. The smallest absolute Gasteiger partial charge is 0.245 e. The molecule has 2 aromatic rings. The third-order valence-corrected chi connectivity index (χ3v) is 4.85. The van der Waals surface area contributed by atoms with Gasteiger partial charge in [0, 0.05) is 23.5 Å². The first-order valence-corrected chi connectivity index (χ1v) is 8.35. The number of carbonyl (C=O) groups excluding carboxylic acids is 2. The van der Waals surface area contributed by atoms with Crippen molar-refractivity contribution in [3.8, 4) is 0 Å². The van der Waals surface area contributed by atoms with Crippen LogP contribution in [0.15, 0.2) is 40.8 Å². The standard InChI is InChI=1S/C17H16FN3O2S/c1-11-6-7-24-15(11)9-19-20-17(23)12-8-16(22)21(10-12)14-4-2-13(18)3-5-14/h2-7,9,12H,8,10H2,1H3,(H,20,23)/b19-9+. The molecule has 2 amide bonds. The monoisotopic (exact) mass is 345 g/mol. The summed E-state index contributed by atoms with van der Waals surface area (Å²) in [6, 6.07) is 7.63. The fourth-order valence-electron chi connectivity index (χ4n) is 2.52. The van der Waals surface area contributed by atoms with E-state index in [1.807, 2.05) is 18.4 Å². The number of thiophene rings is 1. The maximum Gasteiger partial charge on any atom is 0.245 e. The highest BCUT2D eigenvalue weighted by Crippen LogP contribution is 2.25. The molecule has 0 aliphatic carbocycles. The quantitative estimate of drug-likeness (QED) is 0.684. The van der Waals surface area contributed by atoms with E-state index in [0.717, 1.165) is 10.4 Å². The van der Waals surface area contributed by atoms with E-state index in [9.17, 15) is 14.0 Å². The number of benzene rings is 1. The summed E-state index contributed by atoms with van der Waals surface area (Å²) >= 11 is 1.54. The number of carbonyl (C=O) groups is 2. The van der Waals surface area contributed by atoms with Gasteiger partial charge in [0.25, 0.3) is 0 Å². The molecular formula is C17H16FN3O2S. The van der Waals surface area contributed by atoms with Crippen molar-refractivity contribution < 1.29 is 14.0 Å². The minimum absolute atomic E-state index is 0.122. The van der Waals surface area contributed by atoms with Crippen molar-refractivity contribution in [3.63, 3.8) is 0 Å². The van der Waals surface area contributed by atoms with Crippen molar-refractivity contribution in [2.75, 3.05) is 11.4 Å². The van der Waals surface area contributed by atoms with Gasteiger partial charge in [-0.3, -0.25) is 9.59 Å². The summed E-state index contributed by atoms with van der Waals surface area (Å²) in [4.78, 5) is 26.7. The van der Waals surface area contributed by atoms with Gasteiger partial charge < -0.3 is 4.90 Å². The Kier molecular flexibility index (Phi) is 4.71. The maximum atomic E-state index is 13.0. The normalized spacial score (nSPS) is 17.7. The highest BCUT2D eigenvalue weighted by molar-refractivity contribution is 7.11. The summed E-state index contributed by atoms with van der Waals surface area (Å²) in [6.45, 7) is 2.24. The van der Waals surface area contributed by atoms with Gasteiger partial charge in [-0.1, -0.05) is 0 Å². The lowest BCUT2D eigenvalue weighted by atomic mass is 10.1. The predicted molar refractivity (Wildman–Crippen MR) is 91.7 cm³/mol. The van der Waals surface area contributed by atoms with Crippen molar-refractivity contribution in [2.45, 2.75) is 13.3 Å². The van der Waals surface area contributed by atoms with Crippen molar-refractivity contribution in [1.29, 1.82) is 0 Å². The van der Waals surface area contributed by atoms with Crippen LogP contribution < -0.4 is 10.3 Å².